The van der Waals surface area contributed by atoms with Crippen LogP contribution < -0.4 is 5.32 Å². The molecule has 2 atom stereocenters. The predicted molar refractivity (Wildman–Crippen MR) is 77.1 cm³/mol. The zero-order valence-electron chi connectivity index (χ0n) is 12.2. The van der Waals surface area contributed by atoms with E-state index in [1.54, 1.807) is 0 Å². The van der Waals surface area contributed by atoms with Crippen molar-refractivity contribution in [2.45, 2.75) is 63.6 Å². The van der Waals surface area contributed by atoms with Gasteiger partial charge < -0.3 is 15.2 Å². The second-order valence-electron chi connectivity index (χ2n) is 6.19. The summed E-state index contributed by atoms with van der Waals surface area (Å²) in [5.74, 6) is 1.87. The van der Waals surface area contributed by atoms with Crippen molar-refractivity contribution < 1.29 is 0 Å². The first-order valence-corrected chi connectivity index (χ1v) is 7.74. The molecule has 4 heteroatoms. The van der Waals surface area contributed by atoms with Crippen LogP contribution in [0.25, 0.3) is 0 Å². The van der Waals surface area contributed by atoms with Crippen LogP contribution in [0.15, 0.2) is 6.20 Å². The van der Waals surface area contributed by atoms with Crippen molar-refractivity contribution in [1.29, 1.82) is 0 Å². The molecule has 1 aromatic rings. The van der Waals surface area contributed by atoms with Crippen LogP contribution in [0.4, 0.5) is 0 Å². The zero-order chi connectivity index (χ0) is 13.2. The summed E-state index contributed by atoms with van der Waals surface area (Å²) in [6, 6.07) is 1.58. The van der Waals surface area contributed by atoms with Crippen molar-refractivity contribution in [3.63, 3.8) is 0 Å². The van der Waals surface area contributed by atoms with Gasteiger partial charge in [-0.25, -0.2) is 4.98 Å². The topological polar surface area (TPSA) is 44.0 Å². The van der Waals surface area contributed by atoms with Crippen LogP contribution in [0.3, 0.4) is 0 Å². The molecule has 2 fully saturated rings. The summed E-state index contributed by atoms with van der Waals surface area (Å²) >= 11 is 0. The average molecular weight is 262 g/mol. The zero-order valence-corrected chi connectivity index (χ0v) is 12.2. The van der Waals surface area contributed by atoms with Crippen LogP contribution in [0.2, 0.25) is 0 Å². The van der Waals surface area contributed by atoms with Gasteiger partial charge in [-0.1, -0.05) is 6.92 Å². The molecule has 2 bridgehead atoms. The highest BCUT2D eigenvalue weighted by molar-refractivity contribution is 5.10. The van der Waals surface area contributed by atoms with Crippen molar-refractivity contribution in [2.75, 3.05) is 13.6 Å². The molecular formula is C15H26N4. The standard InChI is InChI=1S/C15H26N4/c1-3-6-16-9-12-10-17-15(18-12)11-7-13-4-5-14(8-11)19(13)2/h10-11,13-14,16H,3-9H2,1-2H3,(H,17,18). The smallest absolute Gasteiger partial charge is 0.109 e. The van der Waals surface area contributed by atoms with Gasteiger partial charge in [-0.2, -0.15) is 0 Å². The van der Waals surface area contributed by atoms with Crippen molar-refractivity contribution >= 4 is 0 Å². The van der Waals surface area contributed by atoms with Gasteiger partial charge in [0, 0.05) is 36.4 Å². The summed E-state index contributed by atoms with van der Waals surface area (Å²) in [6.45, 7) is 4.19. The fraction of sp³-hybridized carbons (Fsp3) is 0.800. The van der Waals surface area contributed by atoms with E-state index in [1.807, 2.05) is 6.20 Å². The van der Waals surface area contributed by atoms with Crippen molar-refractivity contribution in [2.24, 2.45) is 0 Å². The van der Waals surface area contributed by atoms with E-state index in [-0.39, 0.29) is 0 Å². The van der Waals surface area contributed by atoms with E-state index in [1.165, 1.54) is 43.6 Å². The molecule has 0 amide bonds. The highest BCUT2D eigenvalue weighted by Gasteiger charge is 2.39. The third-order valence-corrected chi connectivity index (χ3v) is 4.88. The van der Waals surface area contributed by atoms with Gasteiger partial charge in [0.25, 0.3) is 0 Å². The number of nitrogens with zero attached hydrogens (tertiary/aromatic N) is 2. The number of H-pyrrole nitrogens is 1. The number of aromatic nitrogens is 2. The van der Waals surface area contributed by atoms with Crippen molar-refractivity contribution in [1.82, 2.24) is 20.2 Å². The first-order chi connectivity index (χ1) is 9.28. The van der Waals surface area contributed by atoms with E-state index < -0.39 is 0 Å². The lowest BCUT2D eigenvalue weighted by molar-refractivity contribution is 0.159. The lowest BCUT2D eigenvalue weighted by Gasteiger charge is -2.35. The monoisotopic (exact) mass is 262 g/mol. The Morgan fingerprint density at radius 2 is 2.11 bits per heavy atom. The molecule has 19 heavy (non-hydrogen) atoms. The van der Waals surface area contributed by atoms with Gasteiger partial charge in [0.1, 0.15) is 5.82 Å². The van der Waals surface area contributed by atoms with E-state index >= 15 is 0 Å². The van der Waals surface area contributed by atoms with Crippen LogP contribution in [-0.4, -0.2) is 40.5 Å². The normalized spacial score (nSPS) is 30.9. The maximum absolute atomic E-state index is 4.63. The molecule has 106 valence electrons. The average Bonchev–Trinajstić information content (AvgIpc) is 2.93. The van der Waals surface area contributed by atoms with Gasteiger partial charge >= 0.3 is 0 Å². The largest absolute Gasteiger partial charge is 0.345 e. The molecule has 2 aliphatic heterocycles. The first kappa shape index (κ1) is 13.1. The van der Waals surface area contributed by atoms with Crippen LogP contribution in [0, 0.1) is 0 Å². The highest BCUT2D eigenvalue weighted by Crippen LogP contribution is 2.41. The molecule has 2 aliphatic rings. The molecule has 0 aromatic carbocycles. The second-order valence-corrected chi connectivity index (χ2v) is 6.19. The summed E-state index contributed by atoms with van der Waals surface area (Å²) in [6.07, 6.45) is 8.51. The van der Waals surface area contributed by atoms with E-state index in [0.717, 1.165) is 25.2 Å². The number of hydrogen-bond donors (Lipinski definition) is 2. The number of nitrogens with one attached hydrogen (secondary N) is 2. The van der Waals surface area contributed by atoms with E-state index in [9.17, 15) is 0 Å². The van der Waals surface area contributed by atoms with Gasteiger partial charge in [-0.3, -0.25) is 0 Å². The molecule has 2 saturated heterocycles. The van der Waals surface area contributed by atoms with Crippen LogP contribution >= 0.6 is 0 Å². The number of piperidine rings is 1. The number of aromatic amines is 1. The van der Waals surface area contributed by atoms with E-state index in [2.05, 4.69) is 34.2 Å². The number of fused-ring (bicyclic) bond motifs is 2. The SMILES string of the molecule is CCCNCc1cnc(C2CC3CCC(C2)N3C)[nH]1. The maximum Gasteiger partial charge on any atom is 0.109 e. The Kier molecular flexibility index (Phi) is 3.89. The number of rotatable bonds is 5. The fourth-order valence-electron chi connectivity index (χ4n) is 3.71. The summed E-state index contributed by atoms with van der Waals surface area (Å²) in [5.41, 5.74) is 1.23. The van der Waals surface area contributed by atoms with Gasteiger partial charge in [-0.05, 0) is 45.7 Å². The molecule has 1 aromatic heterocycles. The third kappa shape index (κ3) is 2.70. The van der Waals surface area contributed by atoms with Crippen LogP contribution in [-0.2, 0) is 6.54 Å². The Morgan fingerprint density at radius 1 is 1.37 bits per heavy atom. The predicted octanol–water partition coefficient (Wildman–Crippen LogP) is 2.25. The Labute approximate surface area is 116 Å². The quantitative estimate of drug-likeness (QED) is 0.800. The molecule has 4 nitrogen and oxygen atoms in total. The fourth-order valence-corrected chi connectivity index (χ4v) is 3.71. The minimum atomic E-state index is 0.647. The molecule has 2 unspecified atom stereocenters. The lowest BCUT2D eigenvalue weighted by Crippen LogP contribution is -2.39. The Balaban J connectivity index is 1.60. The summed E-state index contributed by atoms with van der Waals surface area (Å²) in [4.78, 5) is 10.7. The summed E-state index contributed by atoms with van der Waals surface area (Å²) < 4.78 is 0. The maximum atomic E-state index is 4.63. The Hall–Kier alpha value is -0.870. The third-order valence-electron chi connectivity index (χ3n) is 4.88. The molecule has 3 heterocycles. The Morgan fingerprint density at radius 3 is 2.79 bits per heavy atom. The molecular weight excluding hydrogens is 236 g/mol. The molecule has 0 saturated carbocycles. The Bertz CT molecular complexity index is 400. The number of hydrogen-bond acceptors (Lipinski definition) is 3. The molecule has 0 radical (unpaired) electrons. The summed E-state index contributed by atoms with van der Waals surface area (Å²) in [7, 11) is 2.29. The second kappa shape index (κ2) is 5.63. The lowest BCUT2D eigenvalue weighted by atomic mass is 9.90. The van der Waals surface area contributed by atoms with Gasteiger partial charge in [0.15, 0.2) is 0 Å². The summed E-state index contributed by atoms with van der Waals surface area (Å²) in [5, 5.41) is 3.43. The van der Waals surface area contributed by atoms with Gasteiger partial charge in [0.05, 0.1) is 0 Å². The van der Waals surface area contributed by atoms with Gasteiger partial charge in [-0.15, -0.1) is 0 Å². The van der Waals surface area contributed by atoms with Crippen LogP contribution in [0.1, 0.15) is 56.5 Å². The molecule has 2 N–H and O–H groups in total. The highest BCUT2D eigenvalue weighted by atomic mass is 15.2. The number of imidazole rings is 1. The molecule has 0 spiro atoms. The minimum absolute atomic E-state index is 0.647. The van der Waals surface area contributed by atoms with E-state index in [4.69, 9.17) is 0 Å². The van der Waals surface area contributed by atoms with Crippen molar-refractivity contribution in [3.05, 3.63) is 17.7 Å². The minimum Gasteiger partial charge on any atom is -0.345 e. The first-order valence-electron chi connectivity index (χ1n) is 7.74. The molecule has 0 aliphatic carbocycles. The van der Waals surface area contributed by atoms with E-state index in [0.29, 0.717) is 5.92 Å². The van der Waals surface area contributed by atoms with Crippen molar-refractivity contribution in [3.8, 4) is 0 Å². The van der Waals surface area contributed by atoms with Gasteiger partial charge in [0.2, 0.25) is 0 Å². The molecule has 3 rings (SSSR count). The van der Waals surface area contributed by atoms with Crippen LogP contribution in [0.5, 0.6) is 0 Å².